The number of aryl methyl sites for hydroxylation is 1. The Morgan fingerprint density at radius 1 is 1.18 bits per heavy atom. The highest BCUT2D eigenvalue weighted by molar-refractivity contribution is 5.60. The van der Waals surface area contributed by atoms with E-state index < -0.39 is 0 Å². The number of nitrogens with zero attached hydrogens (tertiary/aromatic N) is 1. The zero-order valence-electron chi connectivity index (χ0n) is 25.9. The summed E-state index contributed by atoms with van der Waals surface area (Å²) >= 11 is 0. The Morgan fingerprint density at radius 2 is 1.87 bits per heavy atom. The highest BCUT2D eigenvalue weighted by Crippen LogP contribution is 2.43. The van der Waals surface area contributed by atoms with Gasteiger partial charge in [0.15, 0.2) is 0 Å². The molecule has 0 aromatic heterocycles. The van der Waals surface area contributed by atoms with Gasteiger partial charge in [0.2, 0.25) is 0 Å². The van der Waals surface area contributed by atoms with Crippen LogP contribution >= 0.6 is 0 Å². The van der Waals surface area contributed by atoms with Crippen molar-refractivity contribution in [2.24, 2.45) is 11.3 Å². The Balaban J connectivity index is 2.17. The average molecular weight is 522 g/mol. The summed E-state index contributed by atoms with van der Waals surface area (Å²) in [6.45, 7) is 24.5. The van der Waals surface area contributed by atoms with Gasteiger partial charge in [0.1, 0.15) is 0 Å². The Bertz CT molecular complexity index is 1230. The van der Waals surface area contributed by atoms with Gasteiger partial charge in [-0.2, -0.15) is 0 Å². The highest BCUT2D eigenvalue weighted by atomic mass is 15.1. The Labute approximate surface area is 239 Å². The first-order valence-electron chi connectivity index (χ1n) is 14.7. The van der Waals surface area contributed by atoms with Crippen LogP contribution in [-0.2, 0) is 11.8 Å². The summed E-state index contributed by atoms with van der Waals surface area (Å²) in [5.41, 5.74) is 11.2. The average Bonchev–Trinajstić information content (AvgIpc) is 2.88. The summed E-state index contributed by atoms with van der Waals surface area (Å²) in [7, 11) is 2.23. The molecule has 4 atom stereocenters. The predicted octanol–water partition coefficient (Wildman–Crippen LogP) is 10.3. The van der Waals surface area contributed by atoms with Crippen molar-refractivity contribution >= 4 is 5.69 Å². The quantitative estimate of drug-likeness (QED) is 0.247. The van der Waals surface area contributed by atoms with Crippen molar-refractivity contribution in [3.05, 3.63) is 120 Å². The van der Waals surface area contributed by atoms with E-state index in [0.29, 0.717) is 12.0 Å². The predicted molar refractivity (Wildman–Crippen MR) is 173 cm³/mol. The van der Waals surface area contributed by atoms with Crippen molar-refractivity contribution in [2.75, 3.05) is 11.9 Å². The van der Waals surface area contributed by atoms with E-state index in [2.05, 4.69) is 152 Å². The minimum Gasteiger partial charge on any atom is -0.372 e. The van der Waals surface area contributed by atoms with Crippen LogP contribution in [0.2, 0.25) is 0 Å². The van der Waals surface area contributed by atoms with Crippen LogP contribution < -0.4 is 4.90 Å². The van der Waals surface area contributed by atoms with E-state index in [4.69, 9.17) is 0 Å². The number of likely N-dealkylation sites (N-methyl/N-ethyl adjacent to an activating group) is 1. The molecule has 2 aromatic carbocycles. The van der Waals surface area contributed by atoms with Gasteiger partial charge in [0.25, 0.3) is 0 Å². The molecular weight excluding hydrogens is 470 g/mol. The second kappa shape index (κ2) is 12.9. The van der Waals surface area contributed by atoms with Crippen molar-refractivity contribution in [3.63, 3.8) is 0 Å². The third-order valence-corrected chi connectivity index (χ3v) is 8.46. The molecule has 0 N–H and O–H groups in total. The first kappa shape index (κ1) is 30.5. The van der Waals surface area contributed by atoms with E-state index in [-0.39, 0.29) is 16.7 Å². The molecule has 208 valence electrons. The third kappa shape index (κ3) is 8.00. The number of hydrogen-bond acceptors (Lipinski definition) is 1. The maximum atomic E-state index is 4.38. The van der Waals surface area contributed by atoms with Gasteiger partial charge < -0.3 is 4.90 Å². The number of rotatable bonds is 8. The minimum atomic E-state index is -0.0713. The SMILES string of the molecule is C=C=CC(/C=C\C(C)(C)C)c1cc(N(C)C(C)Cc2ccccc2)cc(C)c1C1(C)/C=C\C(=C)C(C)CCC1. The lowest BCUT2D eigenvalue weighted by atomic mass is 9.69. The maximum Gasteiger partial charge on any atom is 0.0372 e. The van der Waals surface area contributed by atoms with Crippen LogP contribution in [0.5, 0.6) is 0 Å². The van der Waals surface area contributed by atoms with E-state index in [9.17, 15) is 0 Å². The molecule has 39 heavy (non-hydrogen) atoms. The lowest BCUT2D eigenvalue weighted by Crippen LogP contribution is -2.31. The van der Waals surface area contributed by atoms with Crippen LogP contribution in [-0.4, -0.2) is 13.1 Å². The molecule has 0 bridgehead atoms. The van der Waals surface area contributed by atoms with Gasteiger partial charge in [-0.1, -0.05) is 114 Å². The molecule has 0 fully saturated rings. The molecule has 0 saturated carbocycles. The van der Waals surface area contributed by atoms with Gasteiger partial charge in [-0.3, -0.25) is 0 Å². The van der Waals surface area contributed by atoms with Crippen LogP contribution in [0.4, 0.5) is 5.69 Å². The molecule has 1 aliphatic carbocycles. The first-order valence-corrected chi connectivity index (χ1v) is 14.7. The molecule has 0 heterocycles. The van der Waals surface area contributed by atoms with Crippen LogP contribution in [0, 0.1) is 18.3 Å². The maximum absolute atomic E-state index is 4.38. The van der Waals surface area contributed by atoms with Gasteiger partial charge in [-0.25, -0.2) is 0 Å². The number of anilines is 1. The van der Waals surface area contributed by atoms with E-state index >= 15 is 0 Å². The highest BCUT2D eigenvalue weighted by Gasteiger charge is 2.32. The van der Waals surface area contributed by atoms with Crippen LogP contribution in [0.1, 0.15) is 89.0 Å². The van der Waals surface area contributed by atoms with Gasteiger partial charge in [-0.05, 0) is 84.9 Å². The topological polar surface area (TPSA) is 3.24 Å². The van der Waals surface area contributed by atoms with E-state index in [1.165, 1.54) is 46.4 Å². The molecule has 0 saturated heterocycles. The van der Waals surface area contributed by atoms with Crippen molar-refractivity contribution in [1.29, 1.82) is 0 Å². The normalized spacial score (nSPS) is 22.5. The summed E-state index contributed by atoms with van der Waals surface area (Å²) in [4.78, 5) is 2.44. The van der Waals surface area contributed by atoms with Crippen molar-refractivity contribution in [2.45, 2.75) is 91.5 Å². The summed E-state index contributed by atoms with van der Waals surface area (Å²) in [5.74, 6) is 0.644. The van der Waals surface area contributed by atoms with E-state index in [1.54, 1.807) is 0 Å². The molecule has 0 aliphatic heterocycles. The zero-order valence-corrected chi connectivity index (χ0v) is 25.9. The van der Waals surface area contributed by atoms with Crippen molar-refractivity contribution < 1.29 is 0 Å². The molecule has 2 aromatic rings. The van der Waals surface area contributed by atoms with Crippen LogP contribution in [0.3, 0.4) is 0 Å². The van der Waals surface area contributed by atoms with Crippen LogP contribution in [0.15, 0.2) is 97.3 Å². The second-order valence-corrected chi connectivity index (χ2v) is 13.1. The summed E-state index contributed by atoms with van der Waals surface area (Å²) < 4.78 is 0. The zero-order chi connectivity index (χ0) is 28.8. The van der Waals surface area contributed by atoms with E-state index in [0.717, 1.165) is 12.8 Å². The number of benzene rings is 2. The molecule has 4 unspecified atom stereocenters. The van der Waals surface area contributed by atoms with Crippen molar-refractivity contribution in [3.8, 4) is 0 Å². The fraction of sp³-hybridized carbons (Fsp3) is 0.447. The summed E-state index contributed by atoms with van der Waals surface area (Å²) in [6, 6.07) is 16.0. The Kier molecular flexibility index (Phi) is 10.1. The second-order valence-electron chi connectivity index (χ2n) is 13.1. The smallest absolute Gasteiger partial charge is 0.0372 e. The molecule has 0 radical (unpaired) electrons. The van der Waals surface area contributed by atoms with Crippen LogP contribution in [0.25, 0.3) is 0 Å². The number of hydrogen-bond donors (Lipinski definition) is 0. The molecule has 1 aliphatic rings. The third-order valence-electron chi connectivity index (χ3n) is 8.46. The molecule has 1 nitrogen and oxygen atoms in total. The molecule has 0 spiro atoms. The molecule has 0 amide bonds. The monoisotopic (exact) mass is 521 g/mol. The molecule has 1 heteroatoms. The van der Waals surface area contributed by atoms with Gasteiger partial charge in [0, 0.05) is 30.1 Å². The first-order chi connectivity index (χ1) is 18.3. The lowest BCUT2D eigenvalue weighted by molar-refractivity contribution is 0.456. The minimum absolute atomic E-state index is 0.0713. The van der Waals surface area contributed by atoms with Gasteiger partial charge >= 0.3 is 0 Å². The van der Waals surface area contributed by atoms with Gasteiger partial charge in [0.05, 0.1) is 0 Å². The molecule has 3 rings (SSSR count). The van der Waals surface area contributed by atoms with E-state index in [1.807, 2.05) is 0 Å². The number of allylic oxidation sites excluding steroid dienone is 6. The Hall–Kier alpha value is -3.02. The Morgan fingerprint density at radius 3 is 2.51 bits per heavy atom. The lowest BCUT2D eigenvalue weighted by Gasteiger charge is -2.36. The summed E-state index contributed by atoms with van der Waals surface area (Å²) in [5, 5.41) is 0. The fourth-order valence-corrected chi connectivity index (χ4v) is 5.86. The largest absolute Gasteiger partial charge is 0.372 e. The molecular formula is C38H51N. The summed E-state index contributed by atoms with van der Waals surface area (Å²) in [6.07, 6.45) is 16.0. The van der Waals surface area contributed by atoms with Gasteiger partial charge in [-0.15, -0.1) is 5.73 Å². The standard InChI is InChI=1S/C38H51N/c1-11-16-33(21-23-37(6,7)8)35-27-34(39(10)31(5)26-32-18-13-12-14-19-32)25-30(4)36(35)38(9)22-15-17-28(2)29(3)20-24-38/h12-14,16,18-21,23-25,27-28,31,33H,1,3,15,17,22,26H2,2,4-10H3/b23-21-,24-20-. The fourth-order valence-electron chi connectivity index (χ4n) is 5.86. The van der Waals surface area contributed by atoms with Crippen molar-refractivity contribution in [1.82, 2.24) is 0 Å².